The maximum Gasteiger partial charge on any atom is 0.253 e. The molecule has 28 heavy (non-hydrogen) atoms. The standard InChI is InChI=1S/C23H21NO4/c1-24(15-20-16-26-21-12-5-6-13-22(21)28-20)23(25)17-8-7-11-19(14-17)27-18-9-3-2-4-10-18/h2-14,20H,15-16H2,1H3. The first-order chi connectivity index (χ1) is 13.7. The van der Waals surface area contributed by atoms with Gasteiger partial charge in [-0.15, -0.1) is 0 Å². The number of fused-ring (bicyclic) bond motifs is 1. The van der Waals surface area contributed by atoms with Crippen molar-refractivity contribution < 1.29 is 19.0 Å². The van der Waals surface area contributed by atoms with E-state index in [1.165, 1.54) is 0 Å². The molecular weight excluding hydrogens is 354 g/mol. The van der Waals surface area contributed by atoms with E-state index in [0.29, 0.717) is 30.2 Å². The van der Waals surface area contributed by atoms with E-state index in [2.05, 4.69) is 0 Å². The lowest BCUT2D eigenvalue weighted by molar-refractivity contribution is 0.0521. The number of carbonyl (C=O) groups is 1. The molecule has 1 aliphatic rings. The van der Waals surface area contributed by atoms with Gasteiger partial charge in [0, 0.05) is 12.6 Å². The summed E-state index contributed by atoms with van der Waals surface area (Å²) in [5, 5.41) is 0. The minimum atomic E-state index is -0.215. The van der Waals surface area contributed by atoms with E-state index in [1.807, 2.05) is 66.7 Å². The van der Waals surface area contributed by atoms with Gasteiger partial charge in [0.05, 0.1) is 6.54 Å². The number of hydrogen-bond donors (Lipinski definition) is 0. The quantitative estimate of drug-likeness (QED) is 0.664. The molecule has 1 amide bonds. The molecule has 0 fully saturated rings. The van der Waals surface area contributed by atoms with Crippen LogP contribution in [0.5, 0.6) is 23.0 Å². The average molecular weight is 375 g/mol. The van der Waals surface area contributed by atoms with Crippen molar-refractivity contribution in [3.05, 3.63) is 84.4 Å². The summed E-state index contributed by atoms with van der Waals surface area (Å²) in [5.41, 5.74) is 0.563. The largest absolute Gasteiger partial charge is 0.486 e. The van der Waals surface area contributed by atoms with Gasteiger partial charge >= 0.3 is 0 Å². The van der Waals surface area contributed by atoms with Crippen molar-refractivity contribution in [2.45, 2.75) is 6.10 Å². The summed E-state index contributed by atoms with van der Waals surface area (Å²) in [6.45, 7) is 0.836. The smallest absolute Gasteiger partial charge is 0.253 e. The van der Waals surface area contributed by atoms with Gasteiger partial charge in [0.25, 0.3) is 5.91 Å². The predicted octanol–water partition coefficient (Wildman–Crippen LogP) is 4.39. The van der Waals surface area contributed by atoms with Crippen LogP contribution in [-0.4, -0.2) is 37.1 Å². The van der Waals surface area contributed by atoms with Crippen LogP contribution in [0.2, 0.25) is 0 Å². The number of ether oxygens (including phenoxy) is 3. The van der Waals surface area contributed by atoms with E-state index in [-0.39, 0.29) is 12.0 Å². The van der Waals surface area contributed by atoms with Crippen LogP contribution in [0.15, 0.2) is 78.9 Å². The number of nitrogens with zero attached hydrogens (tertiary/aromatic N) is 1. The molecule has 142 valence electrons. The van der Waals surface area contributed by atoms with Gasteiger partial charge in [-0.3, -0.25) is 4.79 Å². The Morgan fingerprint density at radius 3 is 2.50 bits per heavy atom. The van der Waals surface area contributed by atoms with E-state index in [4.69, 9.17) is 14.2 Å². The summed E-state index contributed by atoms with van der Waals surface area (Å²) in [5.74, 6) is 2.70. The van der Waals surface area contributed by atoms with E-state index in [0.717, 1.165) is 11.5 Å². The summed E-state index contributed by atoms with van der Waals surface area (Å²) in [7, 11) is 1.76. The van der Waals surface area contributed by atoms with Crippen molar-refractivity contribution in [2.75, 3.05) is 20.2 Å². The van der Waals surface area contributed by atoms with Gasteiger partial charge in [0.15, 0.2) is 17.6 Å². The highest BCUT2D eigenvalue weighted by atomic mass is 16.6. The molecule has 0 bridgehead atoms. The zero-order chi connectivity index (χ0) is 19.3. The normalized spacial score (nSPS) is 15.0. The van der Waals surface area contributed by atoms with Crippen LogP contribution in [0.1, 0.15) is 10.4 Å². The fraction of sp³-hybridized carbons (Fsp3) is 0.174. The van der Waals surface area contributed by atoms with Gasteiger partial charge in [0.1, 0.15) is 18.1 Å². The third-order valence-electron chi connectivity index (χ3n) is 4.45. The monoisotopic (exact) mass is 375 g/mol. The Balaban J connectivity index is 1.41. The van der Waals surface area contributed by atoms with Crippen LogP contribution in [0.25, 0.3) is 0 Å². The predicted molar refractivity (Wildman–Crippen MR) is 106 cm³/mol. The molecule has 0 radical (unpaired) electrons. The number of para-hydroxylation sites is 3. The highest BCUT2D eigenvalue weighted by Gasteiger charge is 2.24. The number of rotatable bonds is 5. The van der Waals surface area contributed by atoms with E-state index in [9.17, 15) is 4.79 Å². The first-order valence-corrected chi connectivity index (χ1v) is 9.16. The molecule has 0 saturated carbocycles. The van der Waals surface area contributed by atoms with E-state index >= 15 is 0 Å². The molecule has 5 nitrogen and oxygen atoms in total. The lowest BCUT2D eigenvalue weighted by atomic mass is 10.2. The minimum Gasteiger partial charge on any atom is -0.486 e. The molecule has 0 spiro atoms. The second kappa shape index (κ2) is 8.05. The number of benzene rings is 3. The zero-order valence-corrected chi connectivity index (χ0v) is 15.6. The zero-order valence-electron chi connectivity index (χ0n) is 15.6. The molecule has 0 aromatic heterocycles. The van der Waals surface area contributed by atoms with E-state index in [1.54, 1.807) is 24.1 Å². The molecule has 0 aliphatic carbocycles. The van der Waals surface area contributed by atoms with Gasteiger partial charge in [0.2, 0.25) is 0 Å². The maximum absolute atomic E-state index is 12.8. The summed E-state index contributed by atoms with van der Waals surface area (Å²) in [6, 6.07) is 24.2. The van der Waals surface area contributed by atoms with Gasteiger partial charge in [-0.2, -0.15) is 0 Å². The number of amides is 1. The number of hydrogen-bond acceptors (Lipinski definition) is 4. The van der Waals surface area contributed by atoms with Crippen LogP contribution in [-0.2, 0) is 0 Å². The molecule has 5 heteroatoms. The summed E-state index contributed by atoms with van der Waals surface area (Å²) >= 11 is 0. The molecule has 1 atom stereocenters. The molecule has 3 aromatic rings. The summed E-state index contributed by atoms with van der Waals surface area (Å²) in [4.78, 5) is 14.5. The van der Waals surface area contributed by atoms with E-state index < -0.39 is 0 Å². The summed E-state index contributed by atoms with van der Waals surface area (Å²) < 4.78 is 17.5. The average Bonchev–Trinajstić information content (AvgIpc) is 2.74. The van der Waals surface area contributed by atoms with Gasteiger partial charge in [-0.05, 0) is 42.5 Å². The molecule has 1 heterocycles. The topological polar surface area (TPSA) is 48.0 Å². The van der Waals surface area contributed by atoms with Gasteiger partial charge < -0.3 is 19.1 Å². The van der Waals surface area contributed by atoms with Crippen LogP contribution < -0.4 is 14.2 Å². The Hall–Kier alpha value is -3.47. The van der Waals surface area contributed by atoms with Crippen LogP contribution in [0, 0.1) is 0 Å². The second-order valence-corrected chi connectivity index (χ2v) is 6.63. The highest BCUT2D eigenvalue weighted by Crippen LogP contribution is 2.31. The Morgan fingerprint density at radius 2 is 1.68 bits per heavy atom. The molecule has 4 rings (SSSR count). The third kappa shape index (κ3) is 4.09. The maximum atomic E-state index is 12.8. The van der Waals surface area contributed by atoms with Crippen LogP contribution >= 0.6 is 0 Å². The van der Waals surface area contributed by atoms with Crippen molar-refractivity contribution in [1.29, 1.82) is 0 Å². The summed E-state index contributed by atoms with van der Waals surface area (Å²) in [6.07, 6.45) is -0.215. The first-order valence-electron chi connectivity index (χ1n) is 9.16. The third-order valence-corrected chi connectivity index (χ3v) is 4.45. The Labute approximate surface area is 164 Å². The van der Waals surface area contributed by atoms with Crippen LogP contribution in [0.3, 0.4) is 0 Å². The number of likely N-dealkylation sites (N-methyl/N-ethyl adjacent to an activating group) is 1. The van der Waals surface area contributed by atoms with Gasteiger partial charge in [-0.25, -0.2) is 0 Å². The lowest BCUT2D eigenvalue weighted by Gasteiger charge is -2.29. The van der Waals surface area contributed by atoms with Crippen molar-refractivity contribution in [3.8, 4) is 23.0 Å². The van der Waals surface area contributed by atoms with Crippen molar-refractivity contribution in [2.24, 2.45) is 0 Å². The van der Waals surface area contributed by atoms with Crippen LogP contribution in [0.4, 0.5) is 0 Å². The molecular formula is C23H21NO4. The SMILES string of the molecule is CN(CC1COc2ccccc2O1)C(=O)c1cccc(Oc2ccccc2)c1. The fourth-order valence-electron chi connectivity index (χ4n) is 3.08. The minimum absolute atomic E-state index is 0.0963. The molecule has 1 unspecified atom stereocenters. The van der Waals surface area contributed by atoms with Crippen molar-refractivity contribution >= 4 is 5.91 Å². The van der Waals surface area contributed by atoms with Gasteiger partial charge in [-0.1, -0.05) is 36.4 Å². The number of carbonyl (C=O) groups excluding carboxylic acids is 1. The first kappa shape index (κ1) is 17.9. The van der Waals surface area contributed by atoms with Crippen molar-refractivity contribution in [3.63, 3.8) is 0 Å². The molecule has 3 aromatic carbocycles. The Morgan fingerprint density at radius 1 is 0.964 bits per heavy atom. The highest BCUT2D eigenvalue weighted by molar-refractivity contribution is 5.94. The fourth-order valence-corrected chi connectivity index (χ4v) is 3.08. The lowest BCUT2D eigenvalue weighted by Crippen LogP contribution is -2.41. The molecule has 0 saturated heterocycles. The Bertz CT molecular complexity index is 958. The molecule has 1 aliphatic heterocycles. The Kier molecular flexibility index (Phi) is 5.15. The second-order valence-electron chi connectivity index (χ2n) is 6.63. The molecule has 0 N–H and O–H groups in total. The van der Waals surface area contributed by atoms with Crippen molar-refractivity contribution in [1.82, 2.24) is 4.90 Å².